The van der Waals surface area contributed by atoms with Gasteiger partial charge in [0.05, 0.1) is 16.8 Å². The first kappa shape index (κ1) is 21.0. The summed E-state index contributed by atoms with van der Waals surface area (Å²) < 4.78 is 34.2. The molecule has 2 aliphatic rings. The van der Waals surface area contributed by atoms with Crippen LogP contribution in [0.2, 0.25) is 5.02 Å². The lowest BCUT2D eigenvalue weighted by molar-refractivity contribution is 0.115. The minimum absolute atomic E-state index is 0.202. The van der Waals surface area contributed by atoms with Crippen molar-refractivity contribution in [2.45, 2.75) is 36.8 Å². The molecule has 1 N–H and O–H groups in total. The number of urea groups is 1. The van der Waals surface area contributed by atoms with Crippen LogP contribution in [0.5, 0.6) is 5.75 Å². The SMILES string of the molecule is CCN1[C@@H]2CCN(C(=O)Nc3ccccc3Cl)CC[C@@H]2Oc2ccccc2S1(=O)=O. The van der Waals surface area contributed by atoms with Crippen molar-refractivity contribution >= 4 is 33.3 Å². The molecule has 0 saturated carbocycles. The number of para-hydroxylation sites is 2. The van der Waals surface area contributed by atoms with Gasteiger partial charge in [-0.05, 0) is 30.7 Å². The average molecular weight is 450 g/mol. The van der Waals surface area contributed by atoms with Gasteiger partial charge in [0.1, 0.15) is 16.7 Å². The number of anilines is 1. The first-order valence-electron chi connectivity index (χ1n) is 10.00. The number of sulfonamides is 1. The lowest BCUT2D eigenvalue weighted by atomic mass is 10.1. The van der Waals surface area contributed by atoms with Gasteiger partial charge in [-0.15, -0.1) is 0 Å². The van der Waals surface area contributed by atoms with Crippen molar-refractivity contribution in [3.05, 3.63) is 53.6 Å². The van der Waals surface area contributed by atoms with Crippen LogP contribution in [0.4, 0.5) is 10.5 Å². The van der Waals surface area contributed by atoms with Crippen LogP contribution in [0.3, 0.4) is 0 Å². The van der Waals surface area contributed by atoms with Crippen molar-refractivity contribution in [2.75, 3.05) is 25.0 Å². The Morgan fingerprint density at radius 3 is 2.60 bits per heavy atom. The van der Waals surface area contributed by atoms with E-state index < -0.39 is 10.0 Å². The highest BCUT2D eigenvalue weighted by molar-refractivity contribution is 7.89. The first-order chi connectivity index (χ1) is 14.4. The zero-order valence-corrected chi connectivity index (χ0v) is 18.2. The van der Waals surface area contributed by atoms with Crippen LogP contribution in [0, 0.1) is 0 Å². The molecule has 2 aromatic rings. The molecule has 0 aromatic heterocycles. The second kappa shape index (κ2) is 8.45. The molecule has 0 spiro atoms. The van der Waals surface area contributed by atoms with Gasteiger partial charge in [0, 0.05) is 26.1 Å². The number of carbonyl (C=O) groups is 1. The minimum atomic E-state index is -3.68. The molecule has 0 bridgehead atoms. The number of nitrogens with one attached hydrogen (secondary N) is 1. The zero-order valence-electron chi connectivity index (χ0n) is 16.6. The number of hydrogen-bond donors (Lipinski definition) is 1. The summed E-state index contributed by atoms with van der Waals surface area (Å²) in [5, 5.41) is 3.31. The number of nitrogens with zero attached hydrogens (tertiary/aromatic N) is 2. The van der Waals surface area contributed by atoms with Crippen LogP contribution < -0.4 is 10.1 Å². The topological polar surface area (TPSA) is 79.0 Å². The smallest absolute Gasteiger partial charge is 0.321 e. The van der Waals surface area contributed by atoms with Gasteiger partial charge in [0.2, 0.25) is 10.0 Å². The van der Waals surface area contributed by atoms with Crippen LogP contribution >= 0.6 is 11.6 Å². The van der Waals surface area contributed by atoms with Crippen molar-refractivity contribution < 1.29 is 17.9 Å². The van der Waals surface area contributed by atoms with Crippen LogP contribution in [-0.4, -0.2) is 55.4 Å². The highest BCUT2D eigenvalue weighted by Crippen LogP contribution is 2.36. The third-order valence-electron chi connectivity index (χ3n) is 5.61. The van der Waals surface area contributed by atoms with Gasteiger partial charge in [0.15, 0.2) is 0 Å². The van der Waals surface area contributed by atoms with Crippen molar-refractivity contribution in [3.63, 3.8) is 0 Å². The molecule has 2 atom stereocenters. The van der Waals surface area contributed by atoms with E-state index in [1.165, 1.54) is 4.31 Å². The third-order valence-corrected chi connectivity index (χ3v) is 7.97. The molecule has 1 saturated heterocycles. The summed E-state index contributed by atoms with van der Waals surface area (Å²) in [6.07, 6.45) is 0.685. The molecular formula is C21H24ClN3O4S. The Labute approximate surface area is 181 Å². The van der Waals surface area contributed by atoms with E-state index in [1.807, 2.05) is 6.92 Å². The predicted molar refractivity (Wildman–Crippen MR) is 115 cm³/mol. The fourth-order valence-electron chi connectivity index (χ4n) is 4.12. The van der Waals surface area contributed by atoms with Crippen LogP contribution in [-0.2, 0) is 10.0 Å². The monoisotopic (exact) mass is 449 g/mol. The van der Waals surface area contributed by atoms with E-state index in [9.17, 15) is 13.2 Å². The normalized spacial score (nSPS) is 23.3. The number of halogens is 1. The largest absolute Gasteiger partial charge is 0.487 e. The van der Waals surface area contributed by atoms with Crippen LogP contribution in [0.25, 0.3) is 0 Å². The number of rotatable bonds is 2. The summed E-state index contributed by atoms with van der Waals surface area (Å²) in [7, 11) is -3.68. The molecule has 4 rings (SSSR count). The Hall–Kier alpha value is -2.29. The van der Waals surface area contributed by atoms with Gasteiger partial charge in [-0.1, -0.05) is 42.8 Å². The number of ether oxygens (including phenoxy) is 1. The van der Waals surface area contributed by atoms with E-state index in [2.05, 4.69) is 5.32 Å². The number of amides is 2. The number of carbonyl (C=O) groups excluding carboxylic acids is 1. The Morgan fingerprint density at radius 2 is 1.83 bits per heavy atom. The highest BCUT2D eigenvalue weighted by atomic mass is 35.5. The maximum Gasteiger partial charge on any atom is 0.321 e. The fraction of sp³-hybridized carbons (Fsp3) is 0.381. The van der Waals surface area contributed by atoms with E-state index in [-0.39, 0.29) is 23.1 Å². The number of likely N-dealkylation sites (tertiary alicyclic amines) is 1. The first-order valence-corrected chi connectivity index (χ1v) is 11.8. The molecule has 1 fully saturated rings. The van der Waals surface area contributed by atoms with Gasteiger partial charge in [0.25, 0.3) is 0 Å². The molecule has 0 radical (unpaired) electrons. The molecule has 2 aromatic carbocycles. The predicted octanol–water partition coefficient (Wildman–Crippen LogP) is 3.81. The molecule has 7 nitrogen and oxygen atoms in total. The molecule has 0 aliphatic carbocycles. The van der Waals surface area contributed by atoms with E-state index in [1.54, 1.807) is 53.4 Å². The number of hydrogen-bond acceptors (Lipinski definition) is 4. The van der Waals surface area contributed by atoms with Crippen molar-refractivity contribution in [1.82, 2.24) is 9.21 Å². The zero-order chi connectivity index (χ0) is 21.3. The van der Waals surface area contributed by atoms with Gasteiger partial charge >= 0.3 is 6.03 Å². The van der Waals surface area contributed by atoms with E-state index in [0.717, 1.165) is 0 Å². The Bertz CT molecular complexity index is 1050. The van der Waals surface area contributed by atoms with E-state index in [0.29, 0.717) is 48.9 Å². The standard InChI is InChI=1S/C21H24ClN3O4S/c1-2-25-17-11-13-24(21(26)23-16-8-4-3-7-15(16)22)14-12-18(17)29-19-9-5-6-10-20(19)30(25,27)28/h3-10,17-18H,2,11-14H2,1H3,(H,23,26)/t17-,18+/m1/s1. The number of likely N-dealkylation sites (N-methyl/N-ethyl adjacent to an activating group) is 1. The molecule has 160 valence electrons. The summed E-state index contributed by atoms with van der Waals surface area (Å²) in [4.78, 5) is 14.7. The maximum absolute atomic E-state index is 13.3. The highest BCUT2D eigenvalue weighted by Gasteiger charge is 2.42. The van der Waals surface area contributed by atoms with Crippen molar-refractivity contribution in [1.29, 1.82) is 0 Å². The molecule has 9 heteroatoms. The average Bonchev–Trinajstić information content (AvgIpc) is 2.97. The van der Waals surface area contributed by atoms with E-state index >= 15 is 0 Å². The minimum Gasteiger partial charge on any atom is -0.487 e. The molecule has 2 heterocycles. The Morgan fingerprint density at radius 1 is 1.13 bits per heavy atom. The van der Waals surface area contributed by atoms with E-state index in [4.69, 9.17) is 16.3 Å². The molecule has 2 amide bonds. The maximum atomic E-state index is 13.3. The number of benzene rings is 2. The summed E-state index contributed by atoms with van der Waals surface area (Å²) in [5.74, 6) is 0.373. The summed E-state index contributed by atoms with van der Waals surface area (Å²) >= 11 is 6.15. The van der Waals surface area contributed by atoms with Gasteiger partial charge in [-0.25, -0.2) is 13.2 Å². The van der Waals surface area contributed by atoms with Gasteiger partial charge < -0.3 is 15.0 Å². The lowest BCUT2D eigenvalue weighted by Gasteiger charge is -2.30. The summed E-state index contributed by atoms with van der Waals surface area (Å²) in [6, 6.07) is 13.2. The third kappa shape index (κ3) is 3.87. The van der Waals surface area contributed by atoms with Crippen molar-refractivity contribution in [2.24, 2.45) is 0 Å². The second-order valence-electron chi connectivity index (χ2n) is 7.35. The van der Waals surface area contributed by atoms with Gasteiger partial charge in [-0.2, -0.15) is 4.31 Å². The summed E-state index contributed by atoms with van der Waals surface area (Å²) in [6.45, 7) is 3.04. The number of fused-ring (bicyclic) bond motifs is 2. The lowest BCUT2D eigenvalue weighted by Crippen LogP contribution is -2.47. The quantitative estimate of drug-likeness (QED) is 0.756. The molecule has 0 unspecified atom stereocenters. The molecule has 30 heavy (non-hydrogen) atoms. The van der Waals surface area contributed by atoms with Crippen LogP contribution in [0.15, 0.2) is 53.4 Å². The Kier molecular flexibility index (Phi) is 5.90. The fourth-order valence-corrected chi connectivity index (χ4v) is 6.11. The second-order valence-corrected chi connectivity index (χ2v) is 9.62. The molecular weight excluding hydrogens is 426 g/mol. The van der Waals surface area contributed by atoms with Crippen LogP contribution in [0.1, 0.15) is 19.8 Å². The summed E-state index contributed by atoms with van der Waals surface area (Å²) in [5.41, 5.74) is 0.547. The van der Waals surface area contributed by atoms with Crippen molar-refractivity contribution in [3.8, 4) is 5.75 Å². The Balaban J connectivity index is 1.57. The molecule has 2 aliphatic heterocycles. The van der Waals surface area contributed by atoms with Gasteiger partial charge in [-0.3, -0.25) is 0 Å².